The Morgan fingerprint density at radius 3 is 2.50 bits per heavy atom. The molecule has 0 saturated heterocycles. The number of carbonyl (C=O) groups excluding carboxylic acids is 1. The lowest BCUT2D eigenvalue weighted by atomic mass is 10.1. The lowest BCUT2D eigenvalue weighted by Crippen LogP contribution is -2.43. The largest absolute Gasteiger partial charge is 0.293 e. The molecule has 1 amide bonds. The predicted molar refractivity (Wildman–Crippen MR) is 70.4 cm³/mol. The van der Waals surface area contributed by atoms with Crippen LogP contribution in [0.25, 0.3) is 0 Å². The van der Waals surface area contributed by atoms with Gasteiger partial charge in [0.1, 0.15) is 6.54 Å². The molecule has 1 rings (SSSR count). The van der Waals surface area contributed by atoms with Gasteiger partial charge in [0, 0.05) is 0 Å². The molecule has 18 heavy (non-hydrogen) atoms. The minimum Gasteiger partial charge on any atom is -0.293 e. The molecule has 0 aliphatic heterocycles. The van der Waals surface area contributed by atoms with Crippen molar-refractivity contribution in [3.8, 4) is 0 Å². The van der Waals surface area contributed by atoms with E-state index in [1.807, 2.05) is 24.5 Å². The highest BCUT2D eigenvalue weighted by Gasteiger charge is 2.21. The van der Waals surface area contributed by atoms with E-state index >= 15 is 0 Å². The number of nitrogens with one attached hydrogen (secondary N) is 1. The molecule has 0 aliphatic carbocycles. The number of anilines is 1. The van der Waals surface area contributed by atoms with Gasteiger partial charge in [-0.05, 0) is 31.0 Å². The summed E-state index contributed by atoms with van der Waals surface area (Å²) in [7, 11) is -3.55. The maximum absolute atomic E-state index is 11.8. The van der Waals surface area contributed by atoms with Crippen molar-refractivity contribution in [2.24, 2.45) is 5.84 Å². The van der Waals surface area contributed by atoms with Crippen molar-refractivity contribution < 1.29 is 13.2 Å². The van der Waals surface area contributed by atoms with Crippen LogP contribution in [-0.2, 0) is 14.8 Å². The number of rotatable bonds is 4. The van der Waals surface area contributed by atoms with Crippen LogP contribution in [-0.4, -0.2) is 27.1 Å². The number of nitrogens with two attached hydrogens (primary N) is 1. The Morgan fingerprint density at radius 1 is 1.39 bits per heavy atom. The number of benzene rings is 1. The van der Waals surface area contributed by atoms with E-state index in [0.29, 0.717) is 5.69 Å². The highest BCUT2D eigenvalue weighted by Crippen LogP contribution is 2.23. The topological polar surface area (TPSA) is 92.5 Å². The molecule has 0 aliphatic rings. The zero-order valence-electron chi connectivity index (χ0n) is 10.6. The SMILES string of the molecule is Cc1ccc(C)c(N(CC(=O)NN)S(C)(=O)=O)c1. The first-order valence-electron chi connectivity index (χ1n) is 5.30. The van der Waals surface area contributed by atoms with Crippen LogP contribution in [0.3, 0.4) is 0 Å². The lowest BCUT2D eigenvalue weighted by molar-refractivity contribution is -0.119. The summed E-state index contributed by atoms with van der Waals surface area (Å²) in [5, 5.41) is 0. The molecule has 0 bridgehead atoms. The van der Waals surface area contributed by atoms with Crippen LogP contribution in [0.5, 0.6) is 0 Å². The van der Waals surface area contributed by atoms with Crippen LogP contribution in [0.15, 0.2) is 18.2 Å². The Bertz CT molecular complexity index is 555. The minimum atomic E-state index is -3.55. The number of hydrogen-bond acceptors (Lipinski definition) is 4. The van der Waals surface area contributed by atoms with E-state index in [1.165, 1.54) is 0 Å². The summed E-state index contributed by atoms with van der Waals surface area (Å²) in [5.74, 6) is 4.42. The maximum atomic E-state index is 11.8. The number of amides is 1. The van der Waals surface area contributed by atoms with Gasteiger partial charge in [0.05, 0.1) is 11.9 Å². The van der Waals surface area contributed by atoms with Crippen molar-refractivity contribution in [2.75, 3.05) is 17.1 Å². The third-order valence-electron chi connectivity index (χ3n) is 2.48. The summed E-state index contributed by atoms with van der Waals surface area (Å²) < 4.78 is 24.5. The van der Waals surface area contributed by atoms with Gasteiger partial charge in [0.2, 0.25) is 10.0 Å². The molecule has 0 unspecified atom stereocenters. The van der Waals surface area contributed by atoms with E-state index in [9.17, 15) is 13.2 Å². The molecule has 0 fully saturated rings. The van der Waals surface area contributed by atoms with Crippen molar-refractivity contribution >= 4 is 21.6 Å². The Kier molecular flexibility index (Phi) is 4.31. The third kappa shape index (κ3) is 3.44. The fourth-order valence-corrected chi connectivity index (χ4v) is 2.45. The van der Waals surface area contributed by atoms with Crippen molar-refractivity contribution in [1.29, 1.82) is 0 Å². The molecular weight excluding hydrogens is 254 g/mol. The van der Waals surface area contributed by atoms with Crippen LogP contribution >= 0.6 is 0 Å². The molecule has 6 nitrogen and oxygen atoms in total. The fourth-order valence-electron chi connectivity index (χ4n) is 1.55. The molecule has 1 aromatic rings. The number of aryl methyl sites for hydroxylation is 2. The minimum absolute atomic E-state index is 0.334. The number of nitrogens with zero attached hydrogens (tertiary/aromatic N) is 1. The predicted octanol–water partition coefficient (Wildman–Crippen LogP) is 0.0593. The van der Waals surface area contributed by atoms with Gasteiger partial charge in [0.25, 0.3) is 5.91 Å². The molecule has 1 aromatic carbocycles. The standard InChI is InChI=1S/C11H17N3O3S/c1-8-4-5-9(2)10(6-8)14(18(3,16)17)7-11(15)13-12/h4-6H,7,12H2,1-3H3,(H,13,15). The molecule has 0 saturated carbocycles. The first-order valence-corrected chi connectivity index (χ1v) is 7.15. The van der Waals surface area contributed by atoms with Crippen molar-refractivity contribution in [1.82, 2.24) is 5.43 Å². The molecule has 100 valence electrons. The Hall–Kier alpha value is -1.60. The van der Waals surface area contributed by atoms with E-state index in [-0.39, 0.29) is 6.54 Å². The van der Waals surface area contributed by atoms with E-state index in [1.54, 1.807) is 13.0 Å². The van der Waals surface area contributed by atoms with Gasteiger partial charge in [-0.25, -0.2) is 14.3 Å². The molecule has 0 heterocycles. The molecule has 0 atom stereocenters. The molecule has 7 heteroatoms. The van der Waals surface area contributed by atoms with Gasteiger partial charge in [0.15, 0.2) is 0 Å². The van der Waals surface area contributed by atoms with Crippen LogP contribution in [0.1, 0.15) is 11.1 Å². The van der Waals surface area contributed by atoms with E-state index < -0.39 is 15.9 Å². The smallest absolute Gasteiger partial charge is 0.254 e. The average Bonchev–Trinajstić information content (AvgIpc) is 2.27. The van der Waals surface area contributed by atoms with E-state index in [4.69, 9.17) is 5.84 Å². The number of hydrogen-bond donors (Lipinski definition) is 2. The average molecular weight is 271 g/mol. The van der Waals surface area contributed by atoms with Crippen molar-refractivity contribution in [3.05, 3.63) is 29.3 Å². The molecule has 0 aromatic heterocycles. The van der Waals surface area contributed by atoms with Gasteiger partial charge >= 0.3 is 0 Å². The summed E-state index contributed by atoms with van der Waals surface area (Å²) in [4.78, 5) is 11.3. The quantitative estimate of drug-likeness (QED) is 0.460. The summed E-state index contributed by atoms with van der Waals surface area (Å²) in [5.41, 5.74) is 4.10. The summed E-state index contributed by atoms with van der Waals surface area (Å²) >= 11 is 0. The normalized spacial score (nSPS) is 11.1. The van der Waals surface area contributed by atoms with E-state index in [2.05, 4.69) is 0 Å². The number of carbonyl (C=O) groups is 1. The zero-order valence-corrected chi connectivity index (χ0v) is 11.4. The monoisotopic (exact) mass is 271 g/mol. The second-order valence-electron chi connectivity index (χ2n) is 4.13. The number of sulfonamides is 1. The second-order valence-corrected chi connectivity index (χ2v) is 6.03. The highest BCUT2D eigenvalue weighted by atomic mass is 32.2. The summed E-state index contributed by atoms with van der Waals surface area (Å²) in [6.45, 7) is 3.30. The maximum Gasteiger partial charge on any atom is 0.254 e. The first-order chi connectivity index (χ1) is 8.25. The fraction of sp³-hybridized carbons (Fsp3) is 0.364. The second kappa shape index (κ2) is 5.36. The van der Waals surface area contributed by atoms with Crippen LogP contribution in [0, 0.1) is 13.8 Å². The molecular formula is C11H17N3O3S. The molecule has 0 spiro atoms. The first kappa shape index (κ1) is 14.5. The third-order valence-corrected chi connectivity index (χ3v) is 3.61. The van der Waals surface area contributed by atoms with Gasteiger partial charge in [-0.1, -0.05) is 12.1 Å². The lowest BCUT2D eigenvalue weighted by Gasteiger charge is -2.23. The van der Waals surface area contributed by atoms with Crippen LogP contribution in [0.2, 0.25) is 0 Å². The van der Waals surface area contributed by atoms with Gasteiger partial charge in [-0.3, -0.25) is 14.5 Å². The van der Waals surface area contributed by atoms with Gasteiger partial charge < -0.3 is 0 Å². The van der Waals surface area contributed by atoms with Crippen molar-refractivity contribution in [2.45, 2.75) is 13.8 Å². The molecule has 3 N–H and O–H groups in total. The van der Waals surface area contributed by atoms with E-state index in [0.717, 1.165) is 21.7 Å². The zero-order chi connectivity index (χ0) is 13.9. The Balaban J connectivity index is 3.26. The Labute approximate surface area is 107 Å². The highest BCUT2D eigenvalue weighted by molar-refractivity contribution is 7.92. The van der Waals surface area contributed by atoms with Gasteiger partial charge in [-0.2, -0.15) is 0 Å². The van der Waals surface area contributed by atoms with Crippen LogP contribution in [0.4, 0.5) is 5.69 Å². The summed E-state index contributed by atoms with van der Waals surface area (Å²) in [6, 6.07) is 5.41. The van der Waals surface area contributed by atoms with Crippen molar-refractivity contribution in [3.63, 3.8) is 0 Å². The Morgan fingerprint density at radius 2 is 2.00 bits per heavy atom. The van der Waals surface area contributed by atoms with Gasteiger partial charge in [-0.15, -0.1) is 0 Å². The molecule has 0 radical (unpaired) electrons. The summed E-state index contributed by atoms with van der Waals surface area (Å²) in [6.07, 6.45) is 1.05. The number of hydrazine groups is 1. The van der Waals surface area contributed by atoms with Crippen LogP contribution < -0.4 is 15.6 Å².